The van der Waals surface area contributed by atoms with Gasteiger partial charge >= 0.3 is 11.7 Å². The first-order chi connectivity index (χ1) is 12.2. The van der Waals surface area contributed by atoms with E-state index < -0.39 is 65.5 Å². The molecule has 146 valence electrons. The van der Waals surface area contributed by atoms with Gasteiger partial charge in [0.2, 0.25) is 0 Å². The van der Waals surface area contributed by atoms with Crippen LogP contribution in [-0.4, -0.2) is 67.8 Å². The maximum atomic E-state index is 14.2. The summed E-state index contributed by atoms with van der Waals surface area (Å²) in [6, 6.07) is 0. The number of hydrogen-bond donors (Lipinski definition) is 4. The Balaban J connectivity index is 2.40. The molecule has 6 atom stereocenters. The number of aliphatic hydroxyl groups is 3. The average Bonchev–Trinajstić information content (AvgIpc) is 2.89. The zero-order valence-corrected chi connectivity index (χ0v) is 14.3. The van der Waals surface area contributed by atoms with Crippen LogP contribution in [0.5, 0.6) is 0 Å². The lowest BCUT2D eigenvalue weighted by Gasteiger charge is -2.19. The van der Waals surface area contributed by atoms with Crippen LogP contribution in [0.2, 0.25) is 0 Å². The third-order valence-electron chi connectivity index (χ3n) is 3.85. The van der Waals surface area contributed by atoms with Gasteiger partial charge in [0.15, 0.2) is 17.8 Å². The molecule has 0 spiro atoms. The molecule has 1 fully saturated rings. The van der Waals surface area contributed by atoms with Gasteiger partial charge in [0.1, 0.15) is 18.3 Å². The fourth-order valence-corrected chi connectivity index (χ4v) is 2.69. The zero-order valence-electron chi connectivity index (χ0n) is 13.5. The highest BCUT2D eigenvalue weighted by atomic mass is 35.5. The predicted molar refractivity (Wildman–Crippen MR) is 84.5 cm³/mol. The van der Waals surface area contributed by atoms with Crippen molar-refractivity contribution >= 4 is 17.6 Å². The van der Waals surface area contributed by atoms with Crippen LogP contribution in [0.15, 0.2) is 15.8 Å². The van der Waals surface area contributed by atoms with Crippen LogP contribution in [-0.2, 0) is 14.3 Å². The Morgan fingerprint density at radius 3 is 2.73 bits per heavy atom. The molecule has 1 aromatic heterocycles. The molecular weight excluding hydrogens is 379 g/mol. The zero-order chi connectivity index (χ0) is 19.6. The van der Waals surface area contributed by atoms with Gasteiger partial charge in [0, 0.05) is 6.20 Å². The molecule has 2 heterocycles. The summed E-state index contributed by atoms with van der Waals surface area (Å²) >= 11 is 5.77. The van der Waals surface area contributed by atoms with Gasteiger partial charge in [-0.05, 0) is 6.92 Å². The van der Waals surface area contributed by atoms with Crippen molar-refractivity contribution in [1.82, 2.24) is 9.55 Å². The Hall–Kier alpha value is -1.79. The molecule has 1 aliphatic heterocycles. The minimum atomic E-state index is -2.09. The van der Waals surface area contributed by atoms with Crippen molar-refractivity contribution < 1.29 is 34.0 Å². The van der Waals surface area contributed by atoms with E-state index in [2.05, 4.69) is 4.74 Å². The van der Waals surface area contributed by atoms with Crippen molar-refractivity contribution in [2.75, 3.05) is 13.2 Å². The Bertz CT molecular complexity index is 768. The fraction of sp³-hybridized carbons (Fsp3) is 0.643. The molecule has 1 aromatic rings. The number of aromatic amines is 1. The first-order valence-corrected chi connectivity index (χ1v) is 8.09. The number of nitrogens with zero attached hydrogens (tertiary/aromatic N) is 1. The van der Waals surface area contributed by atoms with Crippen molar-refractivity contribution in [2.45, 2.75) is 43.0 Å². The topological polar surface area (TPSA) is 151 Å². The van der Waals surface area contributed by atoms with Crippen LogP contribution < -0.4 is 11.2 Å². The maximum absolute atomic E-state index is 14.2. The number of alkyl halides is 2. The monoisotopic (exact) mass is 396 g/mol. The van der Waals surface area contributed by atoms with E-state index in [1.54, 1.807) is 0 Å². The summed E-state index contributed by atoms with van der Waals surface area (Å²) in [4.78, 5) is 37.4. The van der Waals surface area contributed by atoms with Gasteiger partial charge in [-0.1, -0.05) is 0 Å². The number of halogens is 2. The van der Waals surface area contributed by atoms with Crippen molar-refractivity contribution in [3.05, 3.63) is 32.6 Å². The number of carbonyl (C=O) groups excluding carboxylic acids is 1. The molecule has 0 aliphatic carbocycles. The summed E-state index contributed by atoms with van der Waals surface area (Å²) in [6.45, 7) is 0.811. The van der Waals surface area contributed by atoms with E-state index in [0.717, 1.165) is 6.20 Å². The molecule has 0 bridgehead atoms. The highest BCUT2D eigenvalue weighted by molar-refractivity contribution is 6.30. The number of rotatable bonds is 6. The molecule has 0 radical (unpaired) electrons. The van der Waals surface area contributed by atoms with Crippen LogP contribution in [0.4, 0.5) is 4.39 Å². The van der Waals surface area contributed by atoms with Gasteiger partial charge in [0.05, 0.1) is 18.8 Å². The molecule has 1 saturated heterocycles. The maximum Gasteiger partial charge on any atom is 0.330 e. The normalized spacial score (nSPS) is 27.9. The van der Waals surface area contributed by atoms with Crippen molar-refractivity contribution in [3.63, 3.8) is 0 Å². The SMILES string of the molecule is CCOC(=O)C(Cl)C(O)c1cn([C@@H]2O[C@H](CO)[C@@H](O)[C@H]2F)c(=O)[nH]c1=O. The first kappa shape index (κ1) is 20.5. The molecule has 0 aromatic carbocycles. The number of esters is 1. The number of H-pyrrole nitrogens is 1. The Labute approximate surface area is 150 Å². The van der Waals surface area contributed by atoms with Gasteiger partial charge in [-0.25, -0.2) is 9.18 Å². The number of aliphatic hydroxyl groups excluding tert-OH is 3. The highest BCUT2D eigenvalue weighted by Gasteiger charge is 2.45. The molecule has 12 heteroatoms. The lowest BCUT2D eigenvalue weighted by atomic mass is 10.1. The van der Waals surface area contributed by atoms with Gasteiger partial charge in [-0.2, -0.15) is 0 Å². The van der Waals surface area contributed by atoms with E-state index in [1.807, 2.05) is 4.98 Å². The molecule has 26 heavy (non-hydrogen) atoms. The van der Waals surface area contributed by atoms with Gasteiger partial charge in [-0.15, -0.1) is 11.6 Å². The van der Waals surface area contributed by atoms with E-state index in [4.69, 9.17) is 21.4 Å². The Morgan fingerprint density at radius 2 is 2.19 bits per heavy atom. The second kappa shape index (κ2) is 8.27. The van der Waals surface area contributed by atoms with E-state index >= 15 is 0 Å². The lowest BCUT2D eigenvalue weighted by molar-refractivity contribution is -0.144. The molecule has 10 nitrogen and oxygen atoms in total. The number of aromatic nitrogens is 2. The second-order valence-corrected chi connectivity index (χ2v) is 6.00. The van der Waals surface area contributed by atoms with Gasteiger partial charge in [0.25, 0.3) is 5.56 Å². The van der Waals surface area contributed by atoms with Crippen molar-refractivity contribution in [2.24, 2.45) is 0 Å². The van der Waals surface area contributed by atoms with Crippen molar-refractivity contribution in [1.29, 1.82) is 0 Å². The smallest absolute Gasteiger partial charge is 0.330 e. The molecular formula is C14H18ClFN2O8. The standard InChI is InChI=1S/C14H18ClFN2O8/c1-2-25-13(23)7(15)9(20)5-3-18(14(24)17-11(5)22)12-8(16)10(21)6(4-19)26-12/h3,6-10,12,19-21H,2,4H2,1H3,(H,17,22,24)/t6-,7?,8-,9?,10-,12-/m1/s1. The highest BCUT2D eigenvalue weighted by Crippen LogP contribution is 2.31. The summed E-state index contributed by atoms with van der Waals surface area (Å²) in [5.41, 5.74) is -2.62. The number of carbonyl (C=O) groups is 1. The predicted octanol–water partition coefficient (Wildman–Crippen LogP) is -1.67. The third-order valence-corrected chi connectivity index (χ3v) is 4.27. The van der Waals surface area contributed by atoms with Crippen LogP contribution in [0.1, 0.15) is 24.8 Å². The lowest BCUT2D eigenvalue weighted by Crippen LogP contribution is -2.39. The Kier molecular flexibility index (Phi) is 6.53. The van der Waals surface area contributed by atoms with Crippen LogP contribution in [0, 0.1) is 0 Å². The summed E-state index contributed by atoms with van der Waals surface area (Å²) in [7, 11) is 0. The average molecular weight is 397 g/mol. The van der Waals surface area contributed by atoms with E-state index in [0.29, 0.717) is 4.57 Å². The number of hydrogen-bond acceptors (Lipinski definition) is 8. The summed E-state index contributed by atoms with van der Waals surface area (Å²) in [6.07, 6.45) is -7.79. The summed E-state index contributed by atoms with van der Waals surface area (Å²) in [5, 5.41) is 27.2. The fourth-order valence-electron chi connectivity index (χ4n) is 2.49. The minimum Gasteiger partial charge on any atom is -0.465 e. The quantitative estimate of drug-likeness (QED) is 0.329. The van der Waals surface area contributed by atoms with Crippen molar-refractivity contribution in [3.8, 4) is 0 Å². The largest absolute Gasteiger partial charge is 0.465 e. The van der Waals surface area contributed by atoms with E-state index in [-0.39, 0.29) is 6.61 Å². The Morgan fingerprint density at radius 1 is 1.54 bits per heavy atom. The number of ether oxygens (including phenoxy) is 2. The second-order valence-electron chi connectivity index (χ2n) is 5.53. The molecule has 2 unspecified atom stereocenters. The van der Waals surface area contributed by atoms with Crippen LogP contribution in [0.25, 0.3) is 0 Å². The third kappa shape index (κ3) is 3.81. The van der Waals surface area contributed by atoms with Gasteiger partial charge < -0.3 is 24.8 Å². The minimum absolute atomic E-state index is 0.00941. The van der Waals surface area contributed by atoms with E-state index in [1.165, 1.54) is 6.92 Å². The van der Waals surface area contributed by atoms with Crippen LogP contribution in [0.3, 0.4) is 0 Å². The molecule has 4 N–H and O–H groups in total. The molecule has 0 saturated carbocycles. The van der Waals surface area contributed by atoms with Crippen LogP contribution >= 0.6 is 11.6 Å². The van der Waals surface area contributed by atoms with E-state index in [9.17, 15) is 29.0 Å². The van der Waals surface area contributed by atoms with Gasteiger partial charge in [-0.3, -0.25) is 19.1 Å². The molecule has 0 amide bonds. The summed E-state index contributed by atoms with van der Waals surface area (Å²) < 4.78 is 24.5. The number of nitrogens with one attached hydrogen (secondary N) is 1. The molecule has 1 aliphatic rings. The summed E-state index contributed by atoms with van der Waals surface area (Å²) in [5.74, 6) is -0.991. The molecule has 2 rings (SSSR count). The first-order valence-electron chi connectivity index (χ1n) is 7.65.